The summed E-state index contributed by atoms with van der Waals surface area (Å²) >= 11 is 0. The first-order chi connectivity index (χ1) is 7.65. The van der Waals surface area contributed by atoms with Crippen LogP contribution in [-0.2, 0) is 9.53 Å². The number of esters is 2. The second kappa shape index (κ2) is 5.87. The minimum absolute atomic E-state index is 0.0244. The molecule has 5 heteroatoms. The summed E-state index contributed by atoms with van der Waals surface area (Å²) in [5.74, 6) is -1.70. The first-order valence-electron chi connectivity index (χ1n) is 4.88. The van der Waals surface area contributed by atoms with Crippen LogP contribution in [0.3, 0.4) is 0 Å². The fourth-order valence-corrected chi connectivity index (χ4v) is 1.10. The highest BCUT2D eigenvalue weighted by atomic mass is 16.6. The maximum absolute atomic E-state index is 11.4. The molecule has 0 bridgehead atoms. The summed E-state index contributed by atoms with van der Waals surface area (Å²) in [5.41, 5.74) is 5.19. The Bertz CT molecular complexity index is 389. The van der Waals surface area contributed by atoms with Crippen LogP contribution in [0, 0.1) is 0 Å². The van der Waals surface area contributed by atoms with Gasteiger partial charge in [-0.3, -0.25) is 4.79 Å². The minimum Gasteiger partial charge on any atom is -0.507 e. The number of phenolic OH excluding ortho intramolecular Hbond substituents is 1. The van der Waals surface area contributed by atoms with Crippen LogP contribution in [0.2, 0.25) is 0 Å². The normalized spacial score (nSPS) is 9.81. The number of phenols is 1. The molecule has 0 radical (unpaired) electrons. The number of rotatable bonds is 4. The fraction of sp³-hybridized carbons (Fsp3) is 0.273. The Labute approximate surface area is 92.8 Å². The average Bonchev–Trinajstić information content (AvgIpc) is 2.26. The molecule has 0 fully saturated rings. The maximum Gasteiger partial charge on any atom is 0.349 e. The van der Waals surface area contributed by atoms with Gasteiger partial charge < -0.3 is 15.6 Å². The third-order valence-electron chi connectivity index (χ3n) is 1.92. The van der Waals surface area contributed by atoms with Gasteiger partial charge in [-0.1, -0.05) is 12.1 Å². The van der Waals surface area contributed by atoms with Crippen molar-refractivity contribution in [2.45, 2.75) is 12.8 Å². The van der Waals surface area contributed by atoms with Crippen LogP contribution in [0.15, 0.2) is 24.3 Å². The van der Waals surface area contributed by atoms with Gasteiger partial charge in [0.1, 0.15) is 11.3 Å². The van der Waals surface area contributed by atoms with E-state index in [1.54, 1.807) is 12.1 Å². The van der Waals surface area contributed by atoms with E-state index in [1.807, 2.05) is 0 Å². The van der Waals surface area contributed by atoms with Crippen LogP contribution < -0.4 is 5.73 Å². The molecule has 16 heavy (non-hydrogen) atoms. The number of hydrogen-bond acceptors (Lipinski definition) is 5. The Balaban J connectivity index is 2.59. The minimum atomic E-state index is -0.847. The summed E-state index contributed by atoms with van der Waals surface area (Å²) in [5, 5.41) is 9.34. The van der Waals surface area contributed by atoms with Gasteiger partial charge in [-0.2, -0.15) is 0 Å². The number of carbonyl (C=O) groups is 2. The molecule has 0 heterocycles. The van der Waals surface area contributed by atoms with E-state index in [2.05, 4.69) is 4.74 Å². The Hall–Kier alpha value is -1.88. The van der Waals surface area contributed by atoms with Gasteiger partial charge in [-0.05, 0) is 25.1 Å². The molecular weight excluding hydrogens is 210 g/mol. The lowest BCUT2D eigenvalue weighted by atomic mass is 10.2. The predicted octanol–water partition coefficient (Wildman–Crippen LogP) is 0.815. The number of carbonyl (C=O) groups excluding carboxylic acids is 2. The molecule has 0 spiro atoms. The molecular formula is C11H13NO4. The van der Waals surface area contributed by atoms with Crippen molar-refractivity contribution in [2.24, 2.45) is 5.73 Å². The third kappa shape index (κ3) is 3.36. The second-order valence-corrected chi connectivity index (χ2v) is 3.17. The number of ether oxygens (including phenoxy) is 1. The average molecular weight is 223 g/mol. The number of hydrogen-bond donors (Lipinski definition) is 2. The van der Waals surface area contributed by atoms with Gasteiger partial charge in [0.05, 0.1) is 0 Å². The van der Waals surface area contributed by atoms with E-state index < -0.39 is 11.9 Å². The molecule has 3 N–H and O–H groups in total. The molecule has 0 amide bonds. The smallest absolute Gasteiger partial charge is 0.349 e. The number of para-hydroxylation sites is 1. The lowest BCUT2D eigenvalue weighted by molar-refractivity contribution is -0.138. The van der Waals surface area contributed by atoms with E-state index in [-0.39, 0.29) is 17.7 Å². The zero-order valence-electron chi connectivity index (χ0n) is 8.68. The second-order valence-electron chi connectivity index (χ2n) is 3.17. The molecule has 0 saturated heterocycles. The van der Waals surface area contributed by atoms with Crippen molar-refractivity contribution in [1.82, 2.24) is 0 Å². The summed E-state index contributed by atoms with van der Waals surface area (Å²) < 4.78 is 4.53. The van der Waals surface area contributed by atoms with E-state index in [0.717, 1.165) is 0 Å². The van der Waals surface area contributed by atoms with Crippen molar-refractivity contribution in [3.8, 4) is 5.75 Å². The quantitative estimate of drug-likeness (QED) is 0.582. The lowest BCUT2D eigenvalue weighted by Gasteiger charge is -2.03. The molecule has 86 valence electrons. The molecule has 0 unspecified atom stereocenters. The van der Waals surface area contributed by atoms with Crippen LogP contribution in [0.4, 0.5) is 0 Å². The lowest BCUT2D eigenvalue weighted by Crippen LogP contribution is -2.14. The molecule has 0 aromatic heterocycles. The van der Waals surface area contributed by atoms with E-state index in [1.165, 1.54) is 12.1 Å². The third-order valence-corrected chi connectivity index (χ3v) is 1.92. The van der Waals surface area contributed by atoms with Gasteiger partial charge in [0.25, 0.3) is 0 Å². The zero-order chi connectivity index (χ0) is 12.0. The van der Waals surface area contributed by atoms with Gasteiger partial charge in [-0.25, -0.2) is 4.79 Å². The first-order valence-corrected chi connectivity index (χ1v) is 4.88. The summed E-state index contributed by atoms with van der Waals surface area (Å²) in [6.45, 7) is 0.361. The number of benzene rings is 1. The molecule has 1 aromatic carbocycles. The van der Waals surface area contributed by atoms with Gasteiger partial charge in [0.15, 0.2) is 0 Å². The van der Waals surface area contributed by atoms with E-state index in [0.29, 0.717) is 13.0 Å². The zero-order valence-corrected chi connectivity index (χ0v) is 8.68. The van der Waals surface area contributed by atoms with Crippen molar-refractivity contribution < 1.29 is 19.4 Å². The SMILES string of the molecule is NCCCC(=O)OC(=O)c1ccccc1O. The molecule has 1 rings (SSSR count). The van der Waals surface area contributed by atoms with Crippen molar-refractivity contribution in [1.29, 1.82) is 0 Å². The first kappa shape index (κ1) is 12.2. The van der Waals surface area contributed by atoms with E-state index in [4.69, 9.17) is 5.73 Å². The van der Waals surface area contributed by atoms with Crippen LogP contribution in [0.5, 0.6) is 5.75 Å². The Kier molecular flexibility index (Phi) is 4.47. The van der Waals surface area contributed by atoms with Crippen molar-refractivity contribution >= 4 is 11.9 Å². The highest BCUT2D eigenvalue weighted by Gasteiger charge is 2.15. The topological polar surface area (TPSA) is 89.6 Å². The largest absolute Gasteiger partial charge is 0.507 e. The Morgan fingerprint density at radius 2 is 2.00 bits per heavy atom. The molecule has 0 saturated carbocycles. The van der Waals surface area contributed by atoms with Crippen LogP contribution in [-0.4, -0.2) is 23.6 Å². The molecule has 1 aromatic rings. The van der Waals surface area contributed by atoms with Crippen molar-refractivity contribution in [2.75, 3.05) is 6.54 Å². The van der Waals surface area contributed by atoms with Crippen LogP contribution in [0.1, 0.15) is 23.2 Å². The molecule has 5 nitrogen and oxygen atoms in total. The highest BCUT2D eigenvalue weighted by Crippen LogP contribution is 2.16. The summed E-state index contributed by atoms with van der Waals surface area (Å²) in [7, 11) is 0. The Morgan fingerprint density at radius 3 is 2.62 bits per heavy atom. The molecule has 0 aliphatic carbocycles. The summed E-state index contributed by atoms with van der Waals surface area (Å²) in [4.78, 5) is 22.5. The fourth-order valence-electron chi connectivity index (χ4n) is 1.10. The number of aromatic hydroxyl groups is 1. The highest BCUT2D eigenvalue weighted by molar-refractivity contribution is 5.98. The number of nitrogens with two attached hydrogens (primary N) is 1. The summed E-state index contributed by atoms with van der Waals surface area (Å²) in [6.07, 6.45) is 0.558. The maximum atomic E-state index is 11.4. The van der Waals surface area contributed by atoms with Gasteiger partial charge in [-0.15, -0.1) is 0 Å². The molecule has 0 aliphatic rings. The van der Waals surface area contributed by atoms with Gasteiger partial charge in [0.2, 0.25) is 0 Å². The predicted molar refractivity (Wildman–Crippen MR) is 56.8 cm³/mol. The van der Waals surface area contributed by atoms with Crippen LogP contribution in [0.25, 0.3) is 0 Å². The van der Waals surface area contributed by atoms with E-state index >= 15 is 0 Å². The van der Waals surface area contributed by atoms with Gasteiger partial charge >= 0.3 is 11.9 Å². The molecule has 0 aliphatic heterocycles. The molecule has 0 atom stereocenters. The summed E-state index contributed by atoms with van der Waals surface area (Å²) in [6, 6.07) is 5.87. The van der Waals surface area contributed by atoms with Gasteiger partial charge in [0, 0.05) is 6.42 Å². The monoisotopic (exact) mass is 223 g/mol. The van der Waals surface area contributed by atoms with Crippen molar-refractivity contribution in [3.05, 3.63) is 29.8 Å². The van der Waals surface area contributed by atoms with Crippen molar-refractivity contribution in [3.63, 3.8) is 0 Å². The van der Waals surface area contributed by atoms with E-state index in [9.17, 15) is 14.7 Å². The van der Waals surface area contributed by atoms with Crippen LogP contribution >= 0.6 is 0 Å². The standard InChI is InChI=1S/C11H13NO4/c12-7-3-6-10(14)16-11(15)8-4-1-2-5-9(8)13/h1-2,4-5,13H,3,6-7,12H2. The Morgan fingerprint density at radius 1 is 1.31 bits per heavy atom.